The van der Waals surface area contributed by atoms with Crippen molar-refractivity contribution in [2.75, 3.05) is 33.2 Å². The van der Waals surface area contributed by atoms with E-state index in [0.717, 1.165) is 60.8 Å². The maximum absolute atomic E-state index is 14.8. The van der Waals surface area contributed by atoms with Gasteiger partial charge in [0.25, 0.3) is 5.03 Å². The zero-order valence-electron chi connectivity index (χ0n) is 15.4. The van der Waals surface area contributed by atoms with Crippen LogP contribution in [0.2, 0.25) is 0 Å². The van der Waals surface area contributed by atoms with Crippen molar-refractivity contribution in [3.8, 4) is 11.1 Å². The molecule has 0 unspecified atom stereocenters. The number of allylic oxidation sites excluding steroid dienone is 1. The van der Waals surface area contributed by atoms with E-state index in [9.17, 15) is 4.39 Å². The fraction of sp³-hybridized carbons (Fsp3) is 0.318. The molecular formula is C22H22ClFN3+. The molecule has 1 fully saturated rings. The lowest BCUT2D eigenvalue weighted by Gasteiger charge is -2.20. The molecule has 1 saturated heterocycles. The largest absolute Gasteiger partial charge is 0.305 e. The molecule has 2 aliphatic heterocycles. The highest BCUT2D eigenvalue weighted by Crippen LogP contribution is 2.23. The predicted molar refractivity (Wildman–Crippen MR) is 107 cm³/mol. The van der Waals surface area contributed by atoms with Crippen LogP contribution in [-0.2, 0) is 6.54 Å². The Hall–Kier alpha value is -2.10. The first-order valence-electron chi connectivity index (χ1n) is 9.26. The van der Waals surface area contributed by atoms with E-state index in [4.69, 9.17) is 11.6 Å². The minimum Gasteiger partial charge on any atom is -0.305 e. The van der Waals surface area contributed by atoms with Gasteiger partial charge in [0.05, 0.1) is 0 Å². The first-order chi connectivity index (χ1) is 13.1. The first kappa shape index (κ1) is 18.3. The van der Waals surface area contributed by atoms with Crippen LogP contribution < -0.4 is 10.6 Å². The molecule has 0 bridgehead atoms. The zero-order chi connectivity index (χ0) is 18.8. The molecule has 0 saturated carbocycles. The van der Waals surface area contributed by atoms with Gasteiger partial charge in [0.2, 0.25) is 0 Å². The van der Waals surface area contributed by atoms with E-state index >= 15 is 0 Å². The zero-order valence-corrected chi connectivity index (χ0v) is 16.1. The number of rotatable bonds is 3. The molecule has 0 spiro atoms. The molecule has 27 heavy (non-hydrogen) atoms. The van der Waals surface area contributed by atoms with Crippen molar-refractivity contribution in [1.82, 2.24) is 9.80 Å². The Morgan fingerprint density at radius 1 is 1.11 bits per heavy atom. The number of fused-ring (bicyclic) bond motifs is 1. The van der Waals surface area contributed by atoms with E-state index in [0.29, 0.717) is 10.6 Å². The highest BCUT2D eigenvalue weighted by atomic mass is 35.5. The molecule has 0 amide bonds. The van der Waals surface area contributed by atoms with Gasteiger partial charge in [-0.3, -0.25) is 4.90 Å². The third-order valence-corrected chi connectivity index (χ3v) is 5.50. The van der Waals surface area contributed by atoms with E-state index in [1.165, 1.54) is 0 Å². The van der Waals surface area contributed by atoms with Crippen LogP contribution in [0.25, 0.3) is 16.2 Å². The molecule has 4 rings (SSSR count). The predicted octanol–water partition coefficient (Wildman–Crippen LogP) is 2.93. The van der Waals surface area contributed by atoms with E-state index < -0.39 is 0 Å². The minimum atomic E-state index is -0.206. The van der Waals surface area contributed by atoms with Gasteiger partial charge in [-0.25, -0.2) is 9.38 Å². The Kier molecular flexibility index (Phi) is 5.33. The Morgan fingerprint density at radius 2 is 2.00 bits per heavy atom. The number of halogens is 2. The van der Waals surface area contributed by atoms with E-state index in [1.807, 2.05) is 30.3 Å². The van der Waals surface area contributed by atoms with Crippen LogP contribution >= 0.6 is 11.6 Å². The molecule has 2 heterocycles. The Morgan fingerprint density at radius 3 is 2.85 bits per heavy atom. The fourth-order valence-electron chi connectivity index (χ4n) is 3.64. The second-order valence-electron chi connectivity index (χ2n) is 7.20. The van der Waals surface area contributed by atoms with Gasteiger partial charge >= 0.3 is 0 Å². The average Bonchev–Trinajstić information content (AvgIpc) is 2.86. The molecule has 5 heteroatoms. The van der Waals surface area contributed by atoms with Crippen molar-refractivity contribution < 1.29 is 4.39 Å². The van der Waals surface area contributed by atoms with Crippen LogP contribution in [0, 0.1) is 11.9 Å². The summed E-state index contributed by atoms with van der Waals surface area (Å²) in [4.78, 5) is 8.99. The summed E-state index contributed by atoms with van der Waals surface area (Å²) in [5.41, 5.74) is 2.39. The molecule has 0 aliphatic carbocycles. The molecule has 3 nitrogen and oxygen atoms in total. The van der Waals surface area contributed by atoms with Gasteiger partial charge in [-0.1, -0.05) is 12.1 Å². The average molecular weight is 383 g/mol. The Balaban J connectivity index is 1.58. The van der Waals surface area contributed by atoms with Crippen molar-refractivity contribution in [1.29, 1.82) is 0 Å². The summed E-state index contributed by atoms with van der Waals surface area (Å²) in [6.07, 6.45) is 5.59. The first-order valence-corrected chi connectivity index (χ1v) is 9.63. The van der Waals surface area contributed by atoms with Crippen LogP contribution in [0.3, 0.4) is 0 Å². The maximum Gasteiger partial charge on any atom is 0.273 e. The summed E-state index contributed by atoms with van der Waals surface area (Å²) in [7, 11) is 2.15. The van der Waals surface area contributed by atoms with Crippen molar-refractivity contribution >= 4 is 16.6 Å². The third kappa shape index (κ3) is 4.10. The molecule has 0 atom stereocenters. The molecule has 2 aromatic rings. The summed E-state index contributed by atoms with van der Waals surface area (Å²) >= 11 is 6.22. The van der Waals surface area contributed by atoms with Gasteiger partial charge in [0, 0.05) is 36.8 Å². The summed E-state index contributed by atoms with van der Waals surface area (Å²) in [5, 5.41) is 2.07. The smallest absolute Gasteiger partial charge is 0.273 e. The molecule has 0 radical (unpaired) electrons. The highest BCUT2D eigenvalue weighted by Gasteiger charge is 2.16. The Bertz CT molecular complexity index is 999. The van der Waals surface area contributed by atoms with E-state index in [-0.39, 0.29) is 5.82 Å². The number of nitrogens with zero attached hydrogens (tertiary/aromatic N) is 3. The topological polar surface area (TPSA) is 18.8 Å². The van der Waals surface area contributed by atoms with E-state index in [1.54, 1.807) is 12.3 Å². The standard InChI is InChI=1S/C22H22ClFN3/c1-26-9-2-10-27(12-11-26)15-16-3-5-18(21(24)13-16)17-4-6-22-19(14-17)20(23)7-8-25-22/h3-6,8,13-14H,2,9-12,15H2,1H3/q+1. The van der Waals surface area contributed by atoms with Gasteiger partial charge in [-0.2, -0.15) is 0 Å². The number of hydrogen-bond acceptors (Lipinski definition) is 3. The summed E-state index contributed by atoms with van der Waals surface area (Å²) in [6.45, 7) is 5.05. The normalized spacial score (nSPS) is 17.8. The van der Waals surface area contributed by atoms with Crippen molar-refractivity contribution in [3.05, 3.63) is 70.6 Å². The SMILES string of the molecule is CN1CCCN(Cc2ccc(-c3ccc4c(c3)=C(Cl)[C+]=CN=4)c(F)c2)CC1. The van der Waals surface area contributed by atoms with Gasteiger partial charge in [-0.05, 0) is 61.9 Å². The van der Waals surface area contributed by atoms with Crippen LogP contribution in [0.5, 0.6) is 0 Å². The molecule has 0 aromatic heterocycles. The molecule has 2 aromatic carbocycles. The third-order valence-electron chi connectivity index (χ3n) is 5.19. The van der Waals surface area contributed by atoms with Crippen molar-refractivity contribution in [3.63, 3.8) is 0 Å². The lowest BCUT2D eigenvalue weighted by Crippen LogP contribution is -2.28. The Labute approximate surface area is 164 Å². The molecule has 138 valence electrons. The van der Waals surface area contributed by atoms with Crippen LogP contribution in [0.15, 0.2) is 47.6 Å². The van der Waals surface area contributed by atoms with Crippen molar-refractivity contribution in [2.24, 2.45) is 4.99 Å². The summed E-state index contributed by atoms with van der Waals surface area (Å²) < 4.78 is 14.8. The lowest BCUT2D eigenvalue weighted by atomic mass is 10.0. The second kappa shape index (κ2) is 7.87. The molecule has 2 aliphatic rings. The quantitative estimate of drug-likeness (QED) is 0.760. The van der Waals surface area contributed by atoms with Crippen molar-refractivity contribution in [2.45, 2.75) is 13.0 Å². The van der Waals surface area contributed by atoms with Gasteiger partial charge in [-0.15, -0.1) is 0 Å². The van der Waals surface area contributed by atoms with Crippen LogP contribution in [0.4, 0.5) is 4.39 Å². The second-order valence-corrected chi connectivity index (χ2v) is 7.57. The number of likely N-dealkylation sites (N-methyl/N-ethyl adjacent to an activating group) is 1. The van der Waals surface area contributed by atoms with E-state index in [2.05, 4.69) is 27.9 Å². The van der Waals surface area contributed by atoms with Crippen LogP contribution in [0.1, 0.15) is 12.0 Å². The number of benzene rings is 2. The summed E-state index contributed by atoms with van der Waals surface area (Å²) in [5.74, 6) is -0.206. The van der Waals surface area contributed by atoms with Gasteiger partial charge in [0.1, 0.15) is 11.9 Å². The maximum atomic E-state index is 14.8. The fourth-order valence-corrected chi connectivity index (χ4v) is 3.84. The highest BCUT2D eigenvalue weighted by molar-refractivity contribution is 6.46. The minimum absolute atomic E-state index is 0.206. The van der Waals surface area contributed by atoms with Gasteiger partial charge < -0.3 is 4.90 Å². The summed E-state index contributed by atoms with van der Waals surface area (Å²) in [6, 6.07) is 11.2. The van der Waals surface area contributed by atoms with Gasteiger partial charge in [0.15, 0.2) is 16.8 Å². The lowest BCUT2D eigenvalue weighted by molar-refractivity contribution is 0.269. The molecule has 0 N–H and O–H groups in total. The van der Waals surface area contributed by atoms with Crippen LogP contribution in [-0.4, -0.2) is 43.0 Å². The monoisotopic (exact) mass is 382 g/mol. The number of hydrogen-bond donors (Lipinski definition) is 0. The molecular weight excluding hydrogens is 361 g/mol.